The fourth-order valence-corrected chi connectivity index (χ4v) is 10.5. The number of rotatable bonds is 11. The van der Waals surface area contributed by atoms with E-state index in [1.165, 1.54) is 24.3 Å². The third-order valence-corrected chi connectivity index (χ3v) is 12.3. The van der Waals surface area contributed by atoms with Crippen molar-refractivity contribution in [1.29, 1.82) is 0 Å². The Morgan fingerprint density at radius 1 is 0.977 bits per heavy atom. The Labute approximate surface area is 265 Å². The van der Waals surface area contributed by atoms with Crippen LogP contribution in [-0.4, -0.2) is 58.7 Å². The Morgan fingerprint density at radius 2 is 1.65 bits per heavy atom. The smallest absolute Gasteiger partial charge is 0.344 e. The molecule has 2 aromatic rings. The Balaban J connectivity index is 1.15. The molecule has 11 nitrogen and oxygen atoms in total. The van der Waals surface area contributed by atoms with Crippen molar-refractivity contribution in [1.82, 2.24) is 4.72 Å². The standard InChI is InChI=1S/C29H34INO10S2/c1-18-3-5-24(19(2)9-18)42(34,35)31-27(33)28-12-20-10-21(13-28)15-29(14-20,17-28)41-8-7-39-26(32)16-40-22-4-6-25(23(30)11-22)43(36,37)38/h3-6,9,11,20-21H,7-8,10,12-17H2,1-2H3,(H,31,33)(H,36,37,38). The fourth-order valence-electron chi connectivity index (χ4n) is 7.38. The van der Waals surface area contributed by atoms with E-state index in [1.54, 1.807) is 41.6 Å². The zero-order valence-electron chi connectivity index (χ0n) is 23.8. The SMILES string of the molecule is Cc1ccc(S(=O)(=O)NC(=O)C23CC4CC(CC(OCCOC(=O)COc5ccc(S(=O)(=O)O)c(I)c5)(C4)C2)C3)c(C)c1. The molecule has 4 saturated carbocycles. The van der Waals surface area contributed by atoms with Gasteiger partial charge in [0.15, 0.2) is 6.61 Å². The van der Waals surface area contributed by atoms with Gasteiger partial charge >= 0.3 is 5.97 Å². The molecule has 234 valence electrons. The predicted octanol–water partition coefficient (Wildman–Crippen LogP) is 3.94. The number of carbonyl (C=O) groups is 2. The quantitative estimate of drug-likeness (QED) is 0.149. The van der Waals surface area contributed by atoms with E-state index in [0.29, 0.717) is 24.8 Å². The molecular weight excluding hydrogens is 713 g/mol. The van der Waals surface area contributed by atoms with Gasteiger partial charge in [0.1, 0.15) is 17.3 Å². The molecular formula is C29H34INO10S2. The molecule has 1 amide bonds. The molecule has 4 bridgehead atoms. The molecule has 0 aromatic heterocycles. The lowest BCUT2D eigenvalue weighted by molar-refractivity contribution is -0.200. The molecule has 2 aromatic carbocycles. The van der Waals surface area contributed by atoms with Gasteiger partial charge in [-0.3, -0.25) is 9.35 Å². The zero-order chi connectivity index (χ0) is 31.2. The molecule has 0 radical (unpaired) electrons. The number of sulfonamides is 1. The van der Waals surface area contributed by atoms with Gasteiger partial charge in [-0.25, -0.2) is 17.9 Å². The Hall–Kier alpha value is -2.27. The van der Waals surface area contributed by atoms with Crippen LogP contribution < -0.4 is 9.46 Å². The lowest BCUT2D eigenvalue weighted by atomic mass is 9.47. The summed E-state index contributed by atoms with van der Waals surface area (Å²) >= 11 is 1.74. The maximum Gasteiger partial charge on any atom is 0.344 e. The van der Waals surface area contributed by atoms with Crippen LogP contribution in [0, 0.1) is 34.7 Å². The van der Waals surface area contributed by atoms with Crippen molar-refractivity contribution in [2.45, 2.75) is 67.8 Å². The number of aryl methyl sites for hydroxylation is 2. The molecule has 2 N–H and O–H groups in total. The molecule has 2 atom stereocenters. The number of halogens is 1. The molecule has 2 unspecified atom stereocenters. The number of esters is 1. The molecule has 0 heterocycles. The predicted molar refractivity (Wildman–Crippen MR) is 162 cm³/mol. The minimum absolute atomic E-state index is 0.0290. The molecule has 4 aliphatic rings. The minimum Gasteiger partial charge on any atom is -0.482 e. The highest BCUT2D eigenvalue weighted by Gasteiger charge is 2.61. The van der Waals surface area contributed by atoms with Crippen molar-refractivity contribution in [3.8, 4) is 5.75 Å². The number of carbonyl (C=O) groups excluding carboxylic acids is 2. The highest BCUT2D eigenvalue weighted by Crippen LogP contribution is 2.63. The van der Waals surface area contributed by atoms with Gasteiger partial charge in [0.05, 0.1) is 22.5 Å². The van der Waals surface area contributed by atoms with Crippen LogP contribution in [0.1, 0.15) is 49.7 Å². The number of benzene rings is 2. The van der Waals surface area contributed by atoms with Crippen molar-refractivity contribution in [3.63, 3.8) is 0 Å². The van der Waals surface area contributed by atoms with Crippen molar-refractivity contribution >= 4 is 54.6 Å². The topological polar surface area (TPSA) is 162 Å². The summed E-state index contributed by atoms with van der Waals surface area (Å²) in [6.45, 7) is 3.27. The molecule has 6 rings (SSSR count). The Kier molecular flexibility index (Phi) is 8.90. The average molecular weight is 748 g/mol. The Bertz CT molecular complexity index is 1640. The first kappa shape index (κ1) is 32.1. The van der Waals surface area contributed by atoms with E-state index in [2.05, 4.69) is 4.72 Å². The van der Waals surface area contributed by atoms with Gasteiger partial charge in [0.25, 0.3) is 20.1 Å². The first-order valence-corrected chi connectivity index (χ1v) is 17.9. The molecule has 14 heteroatoms. The molecule has 0 saturated heterocycles. The number of hydrogen-bond donors (Lipinski definition) is 2. The largest absolute Gasteiger partial charge is 0.482 e. The summed E-state index contributed by atoms with van der Waals surface area (Å²) in [6, 6.07) is 8.90. The highest BCUT2D eigenvalue weighted by molar-refractivity contribution is 14.1. The molecule has 4 fully saturated rings. The normalized spacial score (nSPS) is 26.2. The van der Waals surface area contributed by atoms with E-state index in [4.69, 9.17) is 14.2 Å². The summed E-state index contributed by atoms with van der Waals surface area (Å²) in [5.41, 5.74) is 0.0987. The van der Waals surface area contributed by atoms with Crippen molar-refractivity contribution in [2.24, 2.45) is 17.3 Å². The van der Waals surface area contributed by atoms with E-state index >= 15 is 0 Å². The molecule has 43 heavy (non-hydrogen) atoms. The summed E-state index contributed by atoms with van der Waals surface area (Å²) in [6.07, 6.45) is 4.20. The summed E-state index contributed by atoms with van der Waals surface area (Å²) in [5, 5.41) is 0. The van der Waals surface area contributed by atoms with Gasteiger partial charge in [-0.2, -0.15) is 8.42 Å². The molecule has 0 aliphatic heterocycles. The lowest BCUT2D eigenvalue weighted by Gasteiger charge is -2.60. The van der Waals surface area contributed by atoms with Crippen LogP contribution in [-0.2, 0) is 39.2 Å². The Morgan fingerprint density at radius 3 is 2.28 bits per heavy atom. The lowest BCUT2D eigenvalue weighted by Crippen LogP contribution is -2.61. The van der Waals surface area contributed by atoms with E-state index in [-0.39, 0.29) is 44.2 Å². The number of ether oxygens (including phenoxy) is 3. The first-order valence-electron chi connectivity index (χ1n) is 13.9. The number of amides is 1. The van der Waals surface area contributed by atoms with Crippen molar-refractivity contribution in [2.75, 3.05) is 19.8 Å². The minimum atomic E-state index is -4.36. The van der Waals surface area contributed by atoms with Crippen LogP contribution in [0.3, 0.4) is 0 Å². The van der Waals surface area contributed by atoms with E-state index in [1.807, 2.05) is 6.92 Å². The maximum absolute atomic E-state index is 13.6. The average Bonchev–Trinajstić information content (AvgIpc) is 2.88. The van der Waals surface area contributed by atoms with Crippen LogP contribution in [0.4, 0.5) is 0 Å². The summed E-state index contributed by atoms with van der Waals surface area (Å²) < 4.78 is 77.8. The second-order valence-electron chi connectivity index (χ2n) is 12.1. The van der Waals surface area contributed by atoms with Gasteiger partial charge < -0.3 is 14.2 Å². The highest BCUT2D eigenvalue weighted by atomic mass is 127. The van der Waals surface area contributed by atoms with Crippen LogP contribution in [0.25, 0.3) is 0 Å². The van der Waals surface area contributed by atoms with Crippen LogP contribution in [0.2, 0.25) is 0 Å². The summed E-state index contributed by atoms with van der Waals surface area (Å²) in [5.74, 6) is -0.377. The van der Waals surface area contributed by atoms with Gasteiger partial charge in [-0.1, -0.05) is 17.7 Å². The van der Waals surface area contributed by atoms with Crippen molar-refractivity contribution in [3.05, 3.63) is 51.1 Å². The molecule has 0 spiro atoms. The van der Waals surface area contributed by atoms with Gasteiger partial charge in [0, 0.05) is 3.57 Å². The van der Waals surface area contributed by atoms with Gasteiger partial charge in [0.2, 0.25) is 5.91 Å². The first-order chi connectivity index (χ1) is 20.1. The number of hydrogen-bond acceptors (Lipinski definition) is 9. The monoisotopic (exact) mass is 747 g/mol. The van der Waals surface area contributed by atoms with Crippen LogP contribution in [0.15, 0.2) is 46.2 Å². The van der Waals surface area contributed by atoms with E-state index in [9.17, 15) is 31.0 Å². The second kappa shape index (κ2) is 11.9. The van der Waals surface area contributed by atoms with Gasteiger partial charge in [-0.05, 0) is 117 Å². The third kappa shape index (κ3) is 7.02. The molecule has 4 aliphatic carbocycles. The third-order valence-electron chi connectivity index (χ3n) is 8.63. The second-order valence-corrected chi connectivity index (χ2v) is 16.3. The van der Waals surface area contributed by atoms with E-state index < -0.39 is 49.6 Å². The maximum atomic E-state index is 13.6. The zero-order valence-corrected chi connectivity index (χ0v) is 27.6. The number of nitrogens with one attached hydrogen (secondary N) is 1. The van der Waals surface area contributed by atoms with Gasteiger partial charge in [-0.15, -0.1) is 0 Å². The van der Waals surface area contributed by atoms with Crippen molar-refractivity contribution < 1.29 is 45.2 Å². The van der Waals surface area contributed by atoms with E-state index in [0.717, 1.165) is 24.8 Å². The van der Waals surface area contributed by atoms with Crippen LogP contribution >= 0.6 is 22.6 Å². The van der Waals surface area contributed by atoms with Crippen LogP contribution in [0.5, 0.6) is 5.75 Å². The summed E-state index contributed by atoms with van der Waals surface area (Å²) in [4.78, 5) is 25.7. The summed E-state index contributed by atoms with van der Waals surface area (Å²) in [7, 11) is -8.40. The fraction of sp³-hybridized carbons (Fsp3) is 0.517.